The summed E-state index contributed by atoms with van der Waals surface area (Å²) in [4.78, 5) is 29.8. The van der Waals surface area contributed by atoms with Crippen LogP contribution >= 0.6 is 24.0 Å². The Morgan fingerprint density at radius 1 is 1.25 bits per heavy atom. The molecule has 1 atom stereocenters. The average molecular weight is 544 g/mol. The van der Waals surface area contributed by atoms with Crippen molar-refractivity contribution < 1.29 is 19.1 Å². The van der Waals surface area contributed by atoms with E-state index in [2.05, 4.69) is 5.32 Å². The van der Waals surface area contributed by atoms with Gasteiger partial charge < -0.3 is 29.2 Å². The minimum absolute atomic E-state index is 0. The van der Waals surface area contributed by atoms with Crippen LogP contribution in [0.1, 0.15) is 50.0 Å². The molecule has 1 fully saturated rings. The number of aryl methyl sites for hydroxylation is 1. The number of unbranched alkanes of at least 4 members (excludes halogenated alkanes) is 1. The van der Waals surface area contributed by atoms with Crippen LogP contribution in [0.2, 0.25) is 5.02 Å². The monoisotopic (exact) mass is 542 g/mol. The fourth-order valence-corrected chi connectivity index (χ4v) is 5.02. The maximum Gasteiger partial charge on any atom is 0.272 e. The smallest absolute Gasteiger partial charge is 0.272 e. The number of nitrogens with zero attached hydrogens (tertiary/aromatic N) is 3. The lowest BCUT2D eigenvalue weighted by Gasteiger charge is -2.38. The third-order valence-corrected chi connectivity index (χ3v) is 6.85. The first-order chi connectivity index (χ1) is 16.8. The number of hydrogen-bond acceptors (Lipinski definition) is 5. The molecule has 1 saturated heterocycles. The highest BCUT2D eigenvalue weighted by Gasteiger charge is 2.33. The van der Waals surface area contributed by atoms with Crippen molar-refractivity contribution in [1.29, 1.82) is 0 Å². The molecule has 0 radical (unpaired) electrons. The maximum absolute atomic E-state index is 14.1. The van der Waals surface area contributed by atoms with Crippen LogP contribution in [0.5, 0.6) is 5.75 Å². The molecule has 1 aromatic heterocycles. The van der Waals surface area contributed by atoms with E-state index >= 15 is 0 Å². The Morgan fingerprint density at radius 3 is 2.61 bits per heavy atom. The molecule has 202 valence electrons. The lowest BCUT2D eigenvalue weighted by atomic mass is 10.0. The van der Waals surface area contributed by atoms with Crippen molar-refractivity contribution in [3.63, 3.8) is 0 Å². The summed E-state index contributed by atoms with van der Waals surface area (Å²) < 4.78 is 13.2. The summed E-state index contributed by atoms with van der Waals surface area (Å²) in [6.07, 6.45) is 3.66. The molecule has 2 heterocycles. The number of rotatable bonds is 11. The average Bonchev–Trinajstić information content (AvgIpc) is 3.12. The predicted molar refractivity (Wildman–Crippen MR) is 147 cm³/mol. The van der Waals surface area contributed by atoms with Crippen LogP contribution < -0.4 is 10.1 Å². The molecule has 36 heavy (non-hydrogen) atoms. The zero-order valence-electron chi connectivity index (χ0n) is 22.0. The topological polar surface area (TPSA) is 76.0 Å². The van der Waals surface area contributed by atoms with Gasteiger partial charge in [-0.2, -0.15) is 0 Å². The Labute approximate surface area is 225 Å². The number of carbonyl (C=O) groups excluding carboxylic acids is 2. The van der Waals surface area contributed by atoms with E-state index in [9.17, 15) is 9.59 Å². The maximum atomic E-state index is 14.1. The number of carbonyl (C=O) groups is 2. The van der Waals surface area contributed by atoms with Gasteiger partial charge in [-0.3, -0.25) is 9.59 Å². The molecule has 0 unspecified atom stereocenters. The Bertz CT molecular complexity index is 1020. The molecule has 2 aromatic rings. The molecular formula is C26H40Cl2N4O4. The van der Waals surface area contributed by atoms with Gasteiger partial charge in [0.2, 0.25) is 0 Å². The number of methoxy groups -OCH3 is 1. The number of hydrogen-bond donors (Lipinski definition) is 1. The number of aromatic nitrogens is 1. The molecule has 1 aromatic carbocycles. The highest BCUT2D eigenvalue weighted by Crippen LogP contribution is 2.38. The second-order valence-corrected chi connectivity index (χ2v) is 9.93. The van der Waals surface area contributed by atoms with Gasteiger partial charge in [0.15, 0.2) is 6.61 Å². The number of piperidine rings is 1. The van der Waals surface area contributed by atoms with E-state index in [1.54, 1.807) is 21.2 Å². The number of likely N-dealkylation sites (N-methyl/N-ethyl adjacent to an activating group) is 1. The Kier molecular flexibility index (Phi) is 11.8. The molecule has 8 nitrogen and oxygen atoms in total. The van der Waals surface area contributed by atoms with E-state index < -0.39 is 0 Å². The lowest BCUT2D eigenvalue weighted by molar-refractivity contribution is -0.130. The largest absolute Gasteiger partial charge is 0.482 e. The van der Waals surface area contributed by atoms with E-state index in [-0.39, 0.29) is 42.9 Å². The van der Waals surface area contributed by atoms with E-state index in [0.717, 1.165) is 49.7 Å². The number of ether oxygens (including phenoxy) is 2. The fourth-order valence-electron chi connectivity index (χ4n) is 4.69. The Hall–Kier alpha value is -2.00. The Morgan fingerprint density at radius 2 is 2.00 bits per heavy atom. The number of halogens is 2. The third-order valence-electron chi connectivity index (χ3n) is 6.47. The van der Waals surface area contributed by atoms with Gasteiger partial charge in [-0.1, -0.05) is 23.7 Å². The van der Waals surface area contributed by atoms with Crippen LogP contribution in [0.25, 0.3) is 10.9 Å². The highest BCUT2D eigenvalue weighted by molar-refractivity contribution is 6.39. The number of para-hydroxylation sites is 1. The molecule has 0 bridgehead atoms. The second-order valence-electron chi connectivity index (χ2n) is 9.55. The lowest BCUT2D eigenvalue weighted by Crippen LogP contribution is -2.52. The molecule has 0 saturated carbocycles. The molecule has 3 rings (SSSR count). The Balaban J connectivity index is 0.00000456. The molecular weight excluding hydrogens is 503 g/mol. The van der Waals surface area contributed by atoms with E-state index in [1.165, 1.54) is 4.90 Å². The molecule has 1 aliphatic heterocycles. The first-order valence-corrected chi connectivity index (χ1v) is 12.8. The molecule has 10 heteroatoms. The van der Waals surface area contributed by atoms with Gasteiger partial charge in [0.25, 0.3) is 11.8 Å². The number of benzene rings is 1. The standard InChI is InChI=1S/C26H39ClN4O4.ClH/c1-18(2)31(19-10-9-13-28-16-19)26(33)25-23(27)20-11-8-12-21(35-17-22(32)29(3)4)24(20)30(25)14-6-7-15-34-5;/h8,11-12,18-19,28H,6-7,9-10,13-17H2,1-5H3;1H/t19-;/m1./s1. The zero-order chi connectivity index (χ0) is 25.5. The summed E-state index contributed by atoms with van der Waals surface area (Å²) in [6.45, 7) is 6.99. The quantitative estimate of drug-likeness (QED) is 0.430. The van der Waals surface area contributed by atoms with Crippen molar-refractivity contribution in [1.82, 2.24) is 19.7 Å². The van der Waals surface area contributed by atoms with Gasteiger partial charge in [-0.15, -0.1) is 12.4 Å². The van der Waals surface area contributed by atoms with Crippen LogP contribution in [0.15, 0.2) is 18.2 Å². The summed E-state index contributed by atoms with van der Waals surface area (Å²) in [5.41, 5.74) is 1.23. The van der Waals surface area contributed by atoms with E-state index in [1.807, 2.05) is 41.5 Å². The second kappa shape index (κ2) is 14.1. The molecule has 1 N–H and O–H groups in total. The van der Waals surface area contributed by atoms with Crippen LogP contribution in [0.4, 0.5) is 0 Å². The summed E-state index contributed by atoms with van der Waals surface area (Å²) in [5, 5.41) is 4.60. The summed E-state index contributed by atoms with van der Waals surface area (Å²) in [7, 11) is 5.07. The first kappa shape index (κ1) is 30.2. The van der Waals surface area contributed by atoms with Crippen molar-refractivity contribution in [2.75, 3.05) is 47.5 Å². The number of fused-ring (bicyclic) bond motifs is 1. The molecule has 0 spiro atoms. The van der Waals surface area contributed by atoms with Crippen molar-refractivity contribution in [3.8, 4) is 5.75 Å². The SMILES string of the molecule is COCCCCn1c(C(=O)N(C(C)C)[C@@H]2CCCNC2)c(Cl)c2cccc(OCC(=O)N(C)C)c21.Cl. The van der Waals surface area contributed by atoms with Crippen molar-refractivity contribution >= 4 is 46.7 Å². The highest BCUT2D eigenvalue weighted by atomic mass is 35.5. The van der Waals surface area contributed by atoms with Gasteiger partial charge in [-0.25, -0.2) is 0 Å². The van der Waals surface area contributed by atoms with Crippen LogP contribution in [-0.2, 0) is 16.1 Å². The third kappa shape index (κ3) is 6.85. The minimum atomic E-state index is -0.140. The molecule has 2 amide bonds. The summed E-state index contributed by atoms with van der Waals surface area (Å²) in [6, 6.07) is 5.71. The van der Waals surface area contributed by atoms with E-state index in [4.69, 9.17) is 21.1 Å². The van der Waals surface area contributed by atoms with Gasteiger partial charge >= 0.3 is 0 Å². The molecule has 1 aliphatic rings. The molecule has 0 aliphatic carbocycles. The first-order valence-electron chi connectivity index (χ1n) is 12.4. The van der Waals surface area contributed by atoms with Crippen LogP contribution in [-0.4, -0.2) is 85.8 Å². The minimum Gasteiger partial charge on any atom is -0.482 e. The predicted octanol–water partition coefficient (Wildman–Crippen LogP) is 4.21. The summed E-state index contributed by atoms with van der Waals surface area (Å²) >= 11 is 6.93. The van der Waals surface area contributed by atoms with E-state index in [0.29, 0.717) is 29.6 Å². The van der Waals surface area contributed by atoms with Gasteiger partial charge in [0.1, 0.15) is 11.4 Å². The van der Waals surface area contributed by atoms with Crippen molar-refractivity contribution in [3.05, 3.63) is 28.9 Å². The van der Waals surface area contributed by atoms with Crippen LogP contribution in [0.3, 0.4) is 0 Å². The van der Waals surface area contributed by atoms with Crippen molar-refractivity contribution in [2.24, 2.45) is 0 Å². The summed E-state index contributed by atoms with van der Waals surface area (Å²) in [5.74, 6) is 0.330. The number of amides is 2. The van der Waals surface area contributed by atoms with Gasteiger partial charge in [0, 0.05) is 58.4 Å². The fraction of sp³-hybridized carbons (Fsp3) is 0.615. The zero-order valence-corrected chi connectivity index (χ0v) is 23.6. The normalized spacial score (nSPS) is 15.6. The van der Waals surface area contributed by atoms with Crippen molar-refractivity contribution in [2.45, 2.75) is 58.2 Å². The number of nitrogens with one attached hydrogen (secondary N) is 1. The van der Waals surface area contributed by atoms with Gasteiger partial charge in [-0.05, 0) is 52.1 Å². The van der Waals surface area contributed by atoms with Gasteiger partial charge in [0.05, 0.1) is 10.5 Å². The van der Waals surface area contributed by atoms with Crippen LogP contribution in [0, 0.1) is 0 Å².